The number of ether oxygens (including phenoxy) is 1. The van der Waals surface area contributed by atoms with Gasteiger partial charge in [-0.05, 0) is 36.2 Å². The molecule has 0 radical (unpaired) electrons. The summed E-state index contributed by atoms with van der Waals surface area (Å²) in [5, 5.41) is 15.5. The maximum atomic E-state index is 12.5. The van der Waals surface area contributed by atoms with Crippen LogP contribution in [0.2, 0.25) is 5.02 Å². The van der Waals surface area contributed by atoms with Crippen molar-refractivity contribution in [3.63, 3.8) is 0 Å². The molecule has 0 aliphatic carbocycles. The van der Waals surface area contributed by atoms with Crippen LogP contribution in [0.3, 0.4) is 0 Å². The quantitative estimate of drug-likeness (QED) is 0.416. The van der Waals surface area contributed by atoms with E-state index >= 15 is 0 Å². The van der Waals surface area contributed by atoms with Crippen molar-refractivity contribution in [3.05, 3.63) is 53.8 Å². The van der Waals surface area contributed by atoms with Gasteiger partial charge in [-0.2, -0.15) is 4.98 Å². The summed E-state index contributed by atoms with van der Waals surface area (Å²) in [5.41, 5.74) is 1.69. The second-order valence-corrected chi connectivity index (χ2v) is 7.61. The number of anilines is 3. The molecule has 11 heteroatoms. The Labute approximate surface area is 187 Å². The third-order valence-electron chi connectivity index (χ3n) is 4.43. The largest absolute Gasteiger partial charge is 0.573 e. The molecule has 32 heavy (non-hydrogen) atoms. The molecule has 1 aromatic carbocycles. The van der Waals surface area contributed by atoms with Crippen LogP contribution in [0.4, 0.5) is 30.6 Å². The van der Waals surface area contributed by atoms with Crippen LogP contribution in [0.5, 0.6) is 5.75 Å². The topological polar surface area (TPSA) is 92.2 Å². The van der Waals surface area contributed by atoms with Gasteiger partial charge in [-0.25, -0.2) is 4.98 Å². The average molecular weight is 468 g/mol. The minimum atomic E-state index is -4.84. The zero-order chi connectivity index (χ0) is 23.3. The van der Waals surface area contributed by atoms with Crippen molar-refractivity contribution < 1.29 is 23.0 Å². The number of rotatable bonds is 8. The molecular weight excluding hydrogens is 447 g/mol. The summed E-state index contributed by atoms with van der Waals surface area (Å²) in [7, 11) is 0. The molecule has 1 atom stereocenters. The van der Waals surface area contributed by atoms with Crippen LogP contribution in [-0.2, 0) is 0 Å². The number of hydrogen-bond donors (Lipinski definition) is 3. The van der Waals surface area contributed by atoms with Crippen molar-refractivity contribution in [2.75, 3.05) is 17.2 Å². The van der Waals surface area contributed by atoms with Crippen LogP contribution in [0.1, 0.15) is 13.8 Å². The average Bonchev–Trinajstić information content (AvgIpc) is 2.73. The lowest BCUT2D eigenvalue weighted by Gasteiger charge is -2.20. The Balaban J connectivity index is 1.93. The van der Waals surface area contributed by atoms with Gasteiger partial charge >= 0.3 is 6.36 Å². The molecule has 0 fully saturated rings. The van der Waals surface area contributed by atoms with Crippen LogP contribution in [0, 0.1) is 5.92 Å². The number of aliphatic hydroxyl groups is 1. The lowest BCUT2D eigenvalue weighted by atomic mass is 10.1. The third kappa shape index (κ3) is 6.44. The molecule has 3 N–H and O–H groups in total. The monoisotopic (exact) mass is 467 g/mol. The van der Waals surface area contributed by atoms with E-state index in [0.29, 0.717) is 17.2 Å². The van der Waals surface area contributed by atoms with Gasteiger partial charge in [0.05, 0.1) is 23.4 Å². The van der Waals surface area contributed by atoms with Gasteiger partial charge in [0.1, 0.15) is 11.6 Å². The van der Waals surface area contributed by atoms with Crippen LogP contribution >= 0.6 is 11.6 Å². The first-order chi connectivity index (χ1) is 15.1. The molecule has 0 unspecified atom stereocenters. The summed E-state index contributed by atoms with van der Waals surface area (Å²) in [6.45, 7) is 3.78. The van der Waals surface area contributed by atoms with Crippen molar-refractivity contribution in [3.8, 4) is 17.0 Å². The second kappa shape index (κ2) is 10.0. The minimum Gasteiger partial charge on any atom is -0.404 e. The molecule has 0 spiro atoms. The Bertz CT molecular complexity index is 1050. The minimum absolute atomic E-state index is 0.113. The van der Waals surface area contributed by atoms with Crippen LogP contribution in [0.15, 0.2) is 48.8 Å². The van der Waals surface area contributed by atoms with Crippen LogP contribution in [0.25, 0.3) is 11.3 Å². The maximum Gasteiger partial charge on any atom is 0.573 e. The SMILES string of the molecule is CC(C)[C@H](CO)Nc1nc(Nc2ccc(OC(F)(F)F)c(Cl)c2)cc(-c2cccnc2)n1. The van der Waals surface area contributed by atoms with Crippen molar-refractivity contribution in [2.24, 2.45) is 5.92 Å². The Kier molecular flexibility index (Phi) is 7.37. The molecule has 7 nitrogen and oxygen atoms in total. The van der Waals surface area contributed by atoms with Crippen molar-refractivity contribution in [1.82, 2.24) is 15.0 Å². The highest BCUT2D eigenvalue weighted by atomic mass is 35.5. The highest BCUT2D eigenvalue weighted by Gasteiger charge is 2.32. The van der Waals surface area contributed by atoms with E-state index in [9.17, 15) is 18.3 Å². The maximum absolute atomic E-state index is 12.5. The molecule has 170 valence electrons. The van der Waals surface area contributed by atoms with Crippen LogP contribution < -0.4 is 15.4 Å². The summed E-state index contributed by atoms with van der Waals surface area (Å²) in [6.07, 6.45) is -1.57. The normalized spacial score (nSPS) is 12.5. The predicted octanol–water partition coefficient (Wildman–Crippen LogP) is 5.26. The number of nitrogens with zero attached hydrogens (tertiary/aromatic N) is 3. The van der Waals surface area contributed by atoms with E-state index in [1.54, 1.807) is 24.5 Å². The lowest BCUT2D eigenvalue weighted by molar-refractivity contribution is -0.274. The van der Waals surface area contributed by atoms with E-state index in [-0.39, 0.29) is 29.5 Å². The zero-order valence-electron chi connectivity index (χ0n) is 17.2. The summed E-state index contributed by atoms with van der Waals surface area (Å²) in [4.78, 5) is 13.0. The number of pyridine rings is 1. The van der Waals surface area contributed by atoms with Gasteiger partial charge in [0.15, 0.2) is 0 Å². The van der Waals surface area contributed by atoms with E-state index in [4.69, 9.17) is 11.6 Å². The number of aliphatic hydroxyl groups excluding tert-OH is 1. The van der Waals surface area contributed by atoms with Gasteiger partial charge in [-0.3, -0.25) is 4.98 Å². The Hall–Kier alpha value is -3.11. The first kappa shape index (κ1) is 23.6. The fraction of sp³-hybridized carbons (Fsp3) is 0.286. The van der Waals surface area contributed by atoms with Crippen LogP contribution in [-0.4, -0.2) is 39.1 Å². The van der Waals surface area contributed by atoms with E-state index in [1.165, 1.54) is 12.1 Å². The fourth-order valence-electron chi connectivity index (χ4n) is 2.76. The first-order valence-electron chi connectivity index (χ1n) is 9.64. The molecule has 2 heterocycles. The third-order valence-corrected chi connectivity index (χ3v) is 4.72. The van der Waals surface area contributed by atoms with E-state index in [1.807, 2.05) is 19.9 Å². The molecule has 3 rings (SSSR count). The highest BCUT2D eigenvalue weighted by molar-refractivity contribution is 6.32. The molecular formula is C21H21ClF3N5O2. The number of hydrogen-bond acceptors (Lipinski definition) is 7. The van der Waals surface area contributed by atoms with Crippen molar-refractivity contribution >= 4 is 29.1 Å². The number of aromatic nitrogens is 3. The fourth-order valence-corrected chi connectivity index (χ4v) is 2.98. The summed E-state index contributed by atoms with van der Waals surface area (Å²) < 4.78 is 41.3. The molecule has 3 aromatic rings. The van der Waals surface area contributed by atoms with Gasteiger partial charge in [-0.15, -0.1) is 13.2 Å². The van der Waals surface area contributed by atoms with E-state index in [2.05, 4.69) is 30.3 Å². The van der Waals surface area contributed by atoms with Gasteiger partial charge < -0.3 is 20.5 Å². The number of benzene rings is 1. The van der Waals surface area contributed by atoms with Gasteiger partial charge in [0.25, 0.3) is 0 Å². The lowest BCUT2D eigenvalue weighted by Crippen LogP contribution is -2.30. The molecule has 0 bridgehead atoms. The number of halogens is 4. The molecule has 0 saturated carbocycles. The molecule has 0 saturated heterocycles. The Morgan fingerprint density at radius 3 is 2.53 bits per heavy atom. The Morgan fingerprint density at radius 1 is 1.16 bits per heavy atom. The highest BCUT2D eigenvalue weighted by Crippen LogP contribution is 2.33. The van der Waals surface area contributed by atoms with E-state index in [0.717, 1.165) is 11.6 Å². The van der Waals surface area contributed by atoms with Crippen molar-refractivity contribution in [1.29, 1.82) is 0 Å². The van der Waals surface area contributed by atoms with Crippen molar-refractivity contribution in [2.45, 2.75) is 26.3 Å². The molecule has 2 aromatic heterocycles. The zero-order valence-corrected chi connectivity index (χ0v) is 17.9. The van der Waals surface area contributed by atoms with Gasteiger partial charge in [0.2, 0.25) is 5.95 Å². The smallest absolute Gasteiger partial charge is 0.404 e. The van der Waals surface area contributed by atoms with Gasteiger partial charge in [-0.1, -0.05) is 25.4 Å². The number of alkyl halides is 3. The Morgan fingerprint density at radius 2 is 1.94 bits per heavy atom. The first-order valence-corrected chi connectivity index (χ1v) is 10.0. The standard InChI is InChI=1S/C21H21ClF3N5O2/c1-12(2)17(11-31)29-20-28-16(13-4-3-7-26-10-13)9-19(30-20)27-14-5-6-18(15(22)8-14)32-21(23,24)25/h3-10,12,17,31H,11H2,1-2H3,(H2,27,28,29,30)/t17-/m0/s1. The molecule has 0 aliphatic rings. The molecule has 0 aliphatic heterocycles. The number of nitrogens with one attached hydrogen (secondary N) is 2. The molecule has 0 amide bonds. The summed E-state index contributed by atoms with van der Waals surface area (Å²) in [6, 6.07) is 8.78. The summed E-state index contributed by atoms with van der Waals surface area (Å²) in [5.74, 6) is 0.239. The van der Waals surface area contributed by atoms with E-state index < -0.39 is 12.1 Å². The van der Waals surface area contributed by atoms with Gasteiger partial charge in [0, 0.05) is 29.7 Å². The second-order valence-electron chi connectivity index (χ2n) is 7.20. The predicted molar refractivity (Wildman–Crippen MR) is 116 cm³/mol. The summed E-state index contributed by atoms with van der Waals surface area (Å²) >= 11 is 5.94.